The summed E-state index contributed by atoms with van der Waals surface area (Å²) < 4.78 is 5.14. The Labute approximate surface area is 163 Å². The summed E-state index contributed by atoms with van der Waals surface area (Å²) in [5.74, 6) is 0. The van der Waals surface area contributed by atoms with Crippen LogP contribution in [0.15, 0.2) is 30.3 Å². The SMILES string of the molecule is COCCN1CCN(C(=O)NC[C@H](c2ccccc2)N2CCCCC2)CC1. The second-order valence-corrected chi connectivity index (χ2v) is 7.53. The maximum absolute atomic E-state index is 12.7. The molecule has 1 N–H and O–H groups in total. The first-order valence-corrected chi connectivity index (χ1v) is 10.3. The molecule has 1 aromatic carbocycles. The molecule has 0 spiro atoms. The second-order valence-electron chi connectivity index (χ2n) is 7.53. The van der Waals surface area contributed by atoms with Gasteiger partial charge in [-0.2, -0.15) is 0 Å². The highest BCUT2D eigenvalue weighted by molar-refractivity contribution is 5.74. The van der Waals surface area contributed by atoms with Gasteiger partial charge in [-0.05, 0) is 31.5 Å². The molecule has 2 saturated heterocycles. The number of hydrogen-bond donors (Lipinski definition) is 1. The smallest absolute Gasteiger partial charge is 0.317 e. The van der Waals surface area contributed by atoms with Crippen molar-refractivity contribution >= 4 is 6.03 Å². The zero-order valence-electron chi connectivity index (χ0n) is 16.6. The summed E-state index contributed by atoms with van der Waals surface area (Å²) in [6.07, 6.45) is 3.82. The van der Waals surface area contributed by atoms with Gasteiger partial charge in [0.2, 0.25) is 0 Å². The van der Waals surface area contributed by atoms with Crippen LogP contribution >= 0.6 is 0 Å². The fourth-order valence-electron chi connectivity index (χ4n) is 4.05. The number of benzene rings is 1. The van der Waals surface area contributed by atoms with Crippen molar-refractivity contribution in [2.75, 3.05) is 66.1 Å². The predicted octanol–water partition coefficient (Wildman–Crippen LogP) is 2.19. The van der Waals surface area contributed by atoms with Gasteiger partial charge in [-0.3, -0.25) is 9.80 Å². The number of rotatable bonds is 7. The minimum Gasteiger partial charge on any atom is -0.383 e. The van der Waals surface area contributed by atoms with Gasteiger partial charge in [0.25, 0.3) is 0 Å². The molecule has 2 fully saturated rings. The van der Waals surface area contributed by atoms with Crippen LogP contribution in [0.1, 0.15) is 30.9 Å². The highest BCUT2D eigenvalue weighted by Gasteiger charge is 2.25. The molecule has 3 rings (SSSR count). The molecule has 2 aliphatic rings. The molecule has 6 nitrogen and oxygen atoms in total. The monoisotopic (exact) mass is 374 g/mol. The number of methoxy groups -OCH3 is 1. The molecule has 0 bridgehead atoms. The van der Waals surface area contributed by atoms with Gasteiger partial charge in [-0.1, -0.05) is 36.8 Å². The molecule has 1 atom stereocenters. The highest BCUT2D eigenvalue weighted by Crippen LogP contribution is 2.24. The molecule has 27 heavy (non-hydrogen) atoms. The molecule has 0 radical (unpaired) electrons. The molecule has 6 heteroatoms. The van der Waals surface area contributed by atoms with E-state index in [4.69, 9.17) is 4.74 Å². The fourth-order valence-corrected chi connectivity index (χ4v) is 4.05. The zero-order chi connectivity index (χ0) is 18.9. The third kappa shape index (κ3) is 5.92. The maximum Gasteiger partial charge on any atom is 0.317 e. The van der Waals surface area contributed by atoms with Crippen molar-refractivity contribution in [3.63, 3.8) is 0 Å². The molecule has 0 aliphatic carbocycles. The number of amides is 2. The Bertz CT molecular complexity index is 555. The van der Waals surface area contributed by atoms with E-state index in [1.54, 1.807) is 7.11 Å². The number of piperazine rings is 1. The molecular weight excluding hydrogens is 340 g/mol. The Morgan fingerprint density at radius 3 is 2.41 bits per heavy atom. The van der Waals surface area contributed by atoms with Crippen molar-refractivity contribution in [2.24, 2.45) is 0 Å². The van der Waals surface area contributed by atoms with Crippen LogP contribution in [0.25, 0.3) is 0 Å². The molecule has 2 heterocycles. The molecule has 150 valence electrons. The Morgan fingerprint density at radius 1 is 1.04 bits per heavy atom. The molecule has 2 amide bonds. The number of carbonyl (C=O) groups excluding carboxylic acids is 1. The molecule has 0 aromatic heterocycles. The van der Waals surface area contributed by atoms with Crippen LogP contribution in [-0.4, -0.2) is 86.8 Å². The van der Waals surface area contributed by atoms with E-state index in [9.17, 15) is 4.79 Å². The molecule has 0 saturated carbocycles. The number of ether oxygens (including phenoxy) is 1. The summed E-state index contributed by atoms with van der Waals surface area (Å²) in [7, 11) is 1.73. The van der Waals surface area contributed by atoms with Crippen LogP contribution in [0.2, 0.25) is 0 Å². The van der Waals surface area contributed by atoms with Crippen molar-refractivity contribution in [1.29, 1.82) is 0 Å². The third-order valence-corrected chi connectivity index (χ3v) is 5.73. The van der Waals surface area contributed by atoms with Crippen LogP contribution in [0, 0.1) is 0 Å². The van der Waals surface area contributed by atoms with Gasteiger partial charge in [-0.25, -0.2) is 4.79 Å². The number of likely N-dealkylation sites (tertiary alicyclic amines) is 1. The van der Waals surface area contributed by atoms with Crippen LogP contribution < -0.4 is 5.32 Å². The van der Waals surface area contributed by atoms with Crippen molar-refractivity contribution in [3.05, 3.63) is 35.9 Å². The first-order chi connectivity index (χ1) is 13.3. The lowest BCUT2D eigenvalue weighted by atomic mass is 10.0. The zero-order valence-corrected chi connectivity index (χ0v) is 16.6. The average Bonchev–Trinajstić information content (AvgIpc) is 2.74. The van der Waals surface area contributed by atoms with Gasteiger partial charge in [0.05, 0.1) is 12.6 Å². The molecular formula is C21H34N4O2. The van der Waals surface area contributed by atoms with Crippen LogP contribution in [0.3, 0.4) is 0 Å². The Hall–Kier alpha value is -1.63. The Morgan fingerprint density at radius 2 is 1.74 bits per heavy atom. The van der Waals surface area contributed by atoms with Gasteiger partial charge in [0, 0.05) is 46.4 Å². The van der Waals surface area contributed by atoms with E-state index >= 15 is 0 Å². The molecule has 2 aliphatic heterocycles. The van der Waals surface area contributed by atoms with E-state index in [1.807, 2.05) is 4.90 Å². The molecule has 0 unspecified atom stereocenters. The summed E-state index contributed by atoms with van der Waals surface area (Å²) in [6.45, 7) is 8.02. The van der Waals surface area contributed by atoms with E-state index in [1.165, 1.54) is 24.8 Å². The number of hydrogen-bond acceptors (Lipinski definition) is 4. The number of urea groups is 1. The van der Waals surface area contributed by atoms with Gasteiger partial charge in [0.1, 0.15) is 0 Å². The fraction of sp³-hybridized carbons (Fsp3) is 0.667. The third-order valence-electron chi connectivity index (χ3n) is 5.73. The van der Waals surface area contributed by atoms with Crippen molar-refractivity contribution < 1.29 is 9.53 Å². The number of nitrogens with one attached hydrogen (secondary N) is 1. The minimum atomic E-state index is 0.0688. The Balaban J connectivity index is 1.52. The van der Waals surface area contributed by atoms with Crippen LogP contribution in [0.4, 0.5) is 4.79 Å². The van der Waals surface area contributed by atoms with Crippen molar-refractivity contribution in [3.8, 4) is 0 Å². The Kier molecular flexibility index (Phi) is 7.93. The van der Waals surface area contributed by atoms with Crippen LogP contribution in [0.5, 0.6) is 0 Å². The topological polar surface area (TPSA) is 48.1 Å². The first-order valence-electron chi connectivity index (χ1n) is 10.3. The van der Waals surface area contributed by atoms with Crippen LogP contribution in [-0.2, 0) is 4.74 Å². The summed E-state index contributed by atoms with van der Waals surface area (Å²) >= 11 is 0. The van der Waals surface area contributed by atoms with E-state index in [-0.39, 0.29) is 12.1 Å². The lowest BCUT2D eigenvalue weighted by Gasteiger charge is -2.37. The standard InChI is InChI=1S/C21H34N4O2/c1-27-17-16-23-12-14-25(15-13-23)21(26)22-18-20(19-8-4-2-5-9-19)24-10-6-3-7-11-24/h2,4-5,8-9,20H,3,6-7,10-18H2,1H3,(H,22,26)/t20-/m1/s1. The summed E-state index contributed by atoms with van der Waals surface area (Å²) in [4.78, 5) is 19.5. The second kappa shape index (κ2) is 10.6. The normalized spacial score (nSPS) is 20.4. The van der Waals surface area contributed by atoms with Crippen molar-refractivity contribution in [2.45, 2.75) is 25.3 Å². The maximum atomic E-state index is 12.7. The predicted molar refractivity (Wildman–Crippen MR) is 108 cm³/mol. The number of nitrogens with zero attached hydrogens (tertiary/aromatic N) is 3. The quantitative estimate of drug-likeness (QED) is 0.795. The minimum absolute atomic E-state index is 0.0688. The van der Waals surface area contributed by atoms with Gasteiger partial charge in [-0.15, -0.1) is 0 Å². The van der Waals surface area contributed by atoms with Crippen molar-refractivity contribution in [1.82, 2.24) is 20.0 Å². The summed E-state index contributed by atoms with van der Waals surface area (Å²) in [5, 5.41) is 3.21. The lowest BCUT2D eigenvalue weighted by Crippen LogP contribution is -2.53. The van der Waals surface area contributed by atoms with E-state index in [0.717, 1.165) is 52.4 Å². The number of carbonyl (C=O) groups is 1. The van der Waals surface area contributed by atoms with Gasteiger partial charge < -0.3 is 15.0 Å². The highest BCUT2D eigenvalue weighted by atomic mass is 16.5. The van der Waals surface area contributed by atoms with Gasteiger partial charge in [0.15, 0.2) is 0 Å². The van der Waals surface area contributed by atoms with E-state index in [2.05, 4.69) is 45.4 Å². The summed E-state index contributed by atoms with van der Waals surface area (Å²) in [5.41, 5.74) is 1.30. The van der Waals surface area contributed by atoms with E-state index < -0.39 is 0 Å². The van der Waals surface area contributed by atoms with E-state index in [0.29, 0.717) is 6.54 Å². The average molecular weight is 375 g/mol. The summed E-state index contributed by atoms with van der Waals surface area (Å²) in [6, 6.07) is 10.9. The number of piperidine rings is 1. The molecule has 1 aromatic rings. The largest absolute Gasteiger partial charge is 0.383 e. The lowest BCUT2D eigenvalue weighted by molar-refractivity contribution is 0.104. The van der Waals surface area contributed by atoms with Gasteiger partial charge >= 0.3 is 6.03 Å². The first kappa shape index (κ1) is 20.1.